The van der Waals surface area contributed by atoms with E-state index < -0.39 is 0 Å². The summed E-state index contributed by atoms with van der Waals surface area (Å²) in [6.07, 6.45) is 0. The lowest BCUT2D eigenvalue weighted by Crippen LogP contribution is -1.92. The van der Waals surface area contributed by atoms with E-state index in [0.29, 0.717) is 6.04 Å². The summed E-state index contributed by atoms with van der Waals surface area (Å²) in [5.74, 6) is 0. The third kappa shape index (κ3) is 2.79. The first-order valence-corrected chi connectivity index (χ1v) is 11.7. The van der Waals surface area contributed by atoms with Crippen molar-refractivity contribution in [2.45, 2.75) is 0 Å². The molecule has 0 nitrogen and oxygen atoms in total. The summed E-state index contributed by atoms with van der Waals surface area (Å²) in [5, 5.41) is 9.40. The zero-order chi connectivity index (χ0) is 23.4. The normalized spacial score (nSPS) is 11.9. The number of hydrogen-bond donors (Lipinski definition) is 0. The first kappa shape index (κ1) is 18.1. The zero-order valence-corrected chi connectivity index (χ0v) is 18.6. The molecule has 7 aromatic rings. The maximum Gasteiger partial charge on any atom is 0.0629 e. The minimum atomic E-state index is 0.553. The van der Waals surface area contributed by atoms with Crippen molar-refractivity contribution in [3.05, 3.63) is 133 Å². The Hall–Kier alpha value is -4.42. The molecular formula is C34H22. The van der Waals surface area contributed by atoms with Gasteiger partial charge in [0.15, 0.2) is 0 Å². The summed E-state index contributed by atoms with van der Waals surface area (Å²) in [7, 11) is 0. The van der Waals surface area contributed by atoms with Gasteiger partial charge in [-0.05, 0) is 65.3 Å². The standard InChI is InChI=1S/C34H22/c1-3-15-25-23(11-1)13-9-21-27(25)33-29-17-5-7-19-31(29)34(32-20-8-6-18-30(32)33)28-22-10-14-24-12-2-4-16-26(24)28/h1-22H/i17D. The molecule has 0 unspecified atom stereocenters. The van der Waals surface area contributed by atoms with Crippen LogP contribution in [0.1, 0.15) is 1.37 Å². The van der Waals surface area contributed by atoms with Crippen LogP contribution in [-0.2, 0) is 0 Å². The number of hydrogen-bond acceptors (Lipinski definition) is 0. The van der Waals surface area contributed by atoms with Crippen LogP contribution < -0.4 is 0 Å². The van der Waals surface area contributed by atoms with E-state index >= 15 is 0 Å². The van der Waals surface area contributed by atoms with Gasteiger partial charge in [-0.25, -0.2) is 0 Å². The molecule has 0 bridgehead atoms. The van der Waals surface area contributed by atoms with Gasteiger partial charge in [0.2, 0.25) is 0 Å². The van der Waals surface area contributed by atoms with Crippen molar-refractivity contribution in [3.8, 4) is 22.3 Å². The molecule has 0 spiro atoms. The van der Waals surface area contributed by atoms with E-state index in [4.69, 9.17) is 1.37 Å². The molecule has 0 radical (unpaired) electrons. The Morgan fingerprint density at radius 3 is 1.26 bits per heavy atom. The SMILES string of the molecule is [2H]c1cccc2c(-c3cccc4ccccc34)c3ccccc3c(-c3cccc4ccccc34)c12. The average Bonchev–Trinajstić information content (AvgIpc) is 2.91. The fraction of sp³-hybridized carbons (Fsp3) is 0. The third-order valence-corrected chi connectivity index (χ3v) is 6.96. The van der Waals surface area contributed by atoms with Crippen molar-refractivity contribution in [3.63, 3.8) is 0 Å². The van der Waals surface area contributed by atoms with Crippen molar-refractivity contribution in [1.29, 1.82) is 0 Å². The summed E-state index contributed by atoms with van der Waals surface area (Å²) in [5.41, 5.74) is 4.72. The summed E-state index contributed by atoms with van der Waals surface area (Å²) in [6.45, 7) is 0. The first-order chi connectivity index (χ1) is 17.3. The molecule has 0 saturated heterocycles. The van der Waals surface area contributed by atoms with Crippen LogP contribution in [0.5, 0.6) is 0 Å². The summed E-state index contributed by atoms with van der Waals surface area (Å²) >= 11 is 0. The second-order valence-corrected chi connectivity index (χ2v) is 8.81. The van der Waals surface area contributed by atoms with Gasteiger partial charge >= 0.3 is 0 Å². The monoisotopic (exact) mass is 431 g/mol. The maximum atomic E-state index is 9.06. The lowest BCUT2D eigenvalue weighted by molar-refractivity contribution is 1.68. The van der Waals surface area contributed by atoms with Gasteiger partial charge in [-0.1, -0.05) is 133 Å². The molecule has 7 aromatic carbocycles. The Balaban J connectivity index is 1.73. The van der Waals surface area contributed by atoms with Gasteiger partial charge in [-0.3, -0.25) is 0 Å². The highest BCUT2D eigenvalue weighted by atomic mass is 14.2. The van der Waals surface area contributed by atoms with Crippen LogP contribution >= 0.6 is 0 Å². The molecule has 158 valence electrons. The minimum absolute atomic E-state index is 0.553. The van der Waals surface area contributed by atoms with Crippen LogP contribution in [0.15, 0.2) is 133 Å². The second-order valence-electron chi connectivity index (χ2n) is 8.81. The van der Waals surface area contributed by atoms with E-state index in [-0.39, 0.29) is 0 Å². The van der Waals surface area contributed by atoms with Crippen molar-refractivity contribution in [2.24, 2.45) is 0 Å². The largest absolute Gasteiger partial charge is 0.0629 e. The molecule has 34 heavy (non-hydrogen) atoms. The molecule has 0 heterocycles. The fourth-order valence-electron chi connectivity index (χ4n) is 5.51. The highest BCUT2D eigenvalue weighted by Gasteiger charge is 2.18. The Morgan fingerprint density at radius 1 is 0.324 bits per heavy atom. The van der Waals surface area contributed by atoms with Crippen molar-refractivity contribution in [2.75, 3.05) is 0 Å². The molecule has 0 heteroatoms. The summed E-state index contributed by atoms with van der Waals surface area (Å²) in [6, 6.07) is 45.5. The van der Waals surface area contributed by atoms with Gasteiger partial charge in [0.25, 0.3) is 0 Å². The molecule has 0 atom stereocenters. The molecule has 0 aliphatic rings. The zero-order valence-electron chi connectivity index (χ0n) is 19.6. The smallest absolute Gasteiger partial charge is 0.0616 e. The van der Waals surface area contributed by atoms with E-state index in [2.05, 4.69) is 115 Å². The predicted molar refractivity (Wildman–Crippen MR) is 147 cm³/mol. The van der Waals surface area contributed by atoms with E-state index in [1.807, 2.05) is 12.1 Å². The van der Waals surface area contributed by atoms with Gasteiger partial charge in [0, 0.05) is 0 Å². The van der Waals surface area contributed by atoms with Crippen LogP contribution in [0.25, 0.3) is 65.3 Å². The van der Waals surface area contributed by atoms with E-state index in [0.717, 1.165) is 16.3 Å². The average molecular weight is 432 g/mol. The van der Waals surface area contributed by atoms with Crippen LogP contribution in [-0.4, -0.2) is 0 Å². The Morgan fingerprint density at radius 2 is 0.706 bits per heavy atom. The number of fused-ring (bicyclic) bond motifs is 4. The molecule has 0 aliphatic heterocycles. The second kappa shape index (κ2) is 7.57. The maximum absolute atomic E-state index is 9.06. The molecule has 0 N–H and O–H groups in total. The van der Waals surface area contributed by atoms with Crippen molar-refractivity contribution in [1.82, 2.24) is 0 Å². The molecule has 0 aliphatic carbocycles. The summed E-state index contributed by atoms with van der Waals surface area (Å²) < 4.78 is 9.06. The molecule has 0 amide bonds. The van der Waals surface area contributed by atoms with Gasteiger partial charge in [0.1, 0.15) is 0 Å². The van der Waals surface area contributed by atoms with Gasteiger partial charge in [-0.2, -0.15) is 0 Å². The first-order valence-electron chi connectivity index (χ1n) is 12.2. The molecular weight excluding hydrogens is 408 g/mol. The van der Waals surface area contributed by atoms with E-state index in [1.54, 1.807) is 0 Å². The molecule has 0 aromatic heterocycles. The predicted octanol–water partition coefficient (Wildman–Crippen LogP) is 9.63. The number of rotatable bonds is 2. The van der Waals surface area contributed by atoms with Crippen molar-refractivity contribution < 1.29 is 1.37 Å². The lowest BCUT2D eigenvalue weighted by atomic mass is 9.84. The van der Waals surface area contributed by atoms with Gasteiger partial charge < -0.3 is 0 Å². The molecule has 0 saturated carbocycles. The van der Waals surface area contributed by atoms with Crippen LogP contribution in [0, 0.1) is 0 Å². The lowest BCUT2D eigenvalue weighted by Gasteiger charge is -2.19. The van der Waals surface area contributed by atoms with Crippen LogP contribution in [0.2, 0.25) is 0 Å². The minimum Gasteiger partial charge on any atom is -0.0616 e. The van der Waals surface area contributed by atoms with Crippen LogP contribution in [0.3, 0.4) is 0 Å². The Bertz CT molecular complexity index is 1900. The summed E-state index contributed by atoms with van der Waals surface area (Å²) in [4.78, 5) is 0. The highest BCUT2D eigenvalue weighted by Crippen LogP contribution is 2.46. The van der Waals surface area contributed by atoms with E-state index in [9.17, 15) is 0 Å². The topological polar surface area (TPSA) is 0 Å². The quantitative estimate of drug-likeness (QED) is 0.239. The van der Waals surface area contributed by atoms with Gasteiger partial charge in [-0.15, -0.1) is 0 Å². The molecule has 7 rings (SSSR count). The Labute approximate surface area is 200 Å². The fourth-order valence-corrected chi connectivity index (χ4v) is 5.51. The van der Waals surface area contributed by atoms with Gasteiger partial charge in [0.05, 0.1) is 1.37 Å². The van der Waals surface area contributed by atoms with E-state index in [1.165, 1.54) is 49.0 Å². The number of benzene rings is 7. The Kier molecular flexibility index (Phi) is 4.02. The van der Waals surface area contributed by atoms with Crippen LogP contribution in [0.4, 0.5) is 0 Å². The highest BCUT2D eigenvalue weighted by molar-refractivity contribution is 6.25. The van der Waals surface area contributed by atoms with Crippen molar-refractivity contribution >= 4 is 43.1 Å². The third-order valence-electron chi connectivity index (χ3n) is 6.96. The molecule has 0 fully saturated rings.